The highest BCUT2D eigenvalue weighted by Gasteiger charge is 2.01. The molecule has 1 aromatic heterocycles. The van der Waals surface area contributed by atoms with Crippen LogP contribution in [0.2, 0.25) is 0 Å². The summed E-state index contributed by atoms with van der Waals surface area (Å²) >= 11 is 0. The number of nitrogens with one attached hydrogen (secondary N) is 1. The molecule has 0 fully saturated rings. The van der Waals surface area contributed by atoms with Crippen molar-refractivity contribution in [1.29, 1.82) is 5.26 Å². The van der Waals surface area contributed by atoms with E-state index >= 15 is 0 Å². The number of benzene rings is 1. The number of anilines is 2. The maximum atomic E-state index is 8.76. The second-order valence-corrected chi connectivity index (χ2v) is 3.67. The van der Waals surface area contributed by atoms with E-state index in [2.05, 4.69) is 16.5 Å². The predicted octanol–water partition coefficient (Wildman–Crippen LogP) is 2.34. The monoisotopic (exact) mass is 212 g/mol. The van der Waals surface area contributed by atoms with Gasteiger partial charge in [0.25, 0.3) is 0 Å². The van der Waals surface area contributed by atoms with Crippen LogP contribution in [0, 0.1) is 18.3 Å². The average molecular weight is 212 g/mol. The van der Waals surface area contributed by atoms with E-state index < -0.39 is 0 Å². The number of nitrogens with zero attached hydrogens (tertiary/aromatic N) is 3. The van der Waals surface area contributed by atoms with Crippen LogP contribution >= 0.6 is 0 Å². The minimum atomic E-state index is 0.675. The van der Waals surface area contributed by atoms with Crippen LogP contribution in [0.5, 0.6) is 0 Å². The van der Waals surface area contributed by atoms with Crippen LogP contribution in [0.15, 0.2) is 30.6 Å². The van der Waals surface area contributed by atoms with Gasteiger partial charge in [-0.15, -0.1) is 0 Å². The third kappa shape index (κ3) is 2.04. The van der Waals surface area contributed by atoms with Gasteiger partial charge in [-0.25, -0.2) is 0 Å². The molecule has 80 valence electrons. The molecule has 0 aliphatic heterocycles. The first-order chi connectivity index (χ1) is 7.69. The molecule has 16 heavy (non-hydrogen) atoms. The number of nitriles is 1. The van der Waals surface area contributed by atoms with Crippen molar-refractivity contribution in [2.24, 2.45) is 7.05 Å². The Balaban J connectivity index is 2.26. The van der Waals surface area contributed by atoms with E-state index in [9.17, 15) is 0 Å². The number of aryl methyl sites for hydroxylation is 2. The van der Waals surface area contributed by atoms with Crippen LogP contribution in [0.25, 0.3) is 0 Å². The van der Waals surface area contributed by atoms with Gasteiger partial charge < -0.3 is 5.32 Å². The number of hydrogen-bond acceptors (Lipinski definition) is 3. The quantitative estimate of drug-likeness (QED) is 0.831. The van der Waals surface area contributed by atoms with Gasteiger partial charge in [0.1, 0.15) is 0 Å². The molecule has 0 atom stereocenters. The van der Waals surface area contributed by atoms with E-state index in [1.807, 2.05) is 32.3 Å². The van der Waals surface area contributed by atoms with Gasteiger partial charge in [0, 0.05) is 18.9 Å². The first kappa shape index (κ1) is 10.2. The molecule has 1 aromatic carbocycles. The SMILES string of the molecule is Cc1cc(C#N)ccc1Nc1cnn(C)c1. The van der Waals surface area contributed by atoms with Crippen LogP contribution in [-0.4, -0.2) is 9.78 Å². The van der Waals surface area contributed by atoms with Gasteiger partial charge in [-0.1, -0.05) is 0 Å². The van der Waals surface area contributed by atoms with Crippen LogP contribution in [0.4, 0.5) is 11.4 Å². The molecule has 4 nitrogen and oxygen atoms in total. The third-order valence-corrected chi connectivity index (χ3v) is 2.34. The zero-order valence-corrected chi connectivity index (χ0v) is 9.23. The lowest BCUT2D eigenvalue weighted by molar-refractivity contribution is 0.768. The summed E-state index contributed by atoms with van der Waals surface area (Å²) < 4.78 is 1.74. The molecule has 1 heterocycles. The summed E-state index contributed by atoms with van der Waals surface area (Å²) in [6.45, 7) is 1.97. The molecule has 0 unspecified atom stereocenters. The molecular weight excluding hydrogens is 200 g/mol. The van der Waals surface area contributed by atoms with E-state index in [4.69, 9.17) is 5.26 Å². The highest BCUT2D eigenvalue weighted by atomic mass is 15.3. The smallest absolute Gasteiger partial charge is 0.0991 e. The number of rotatable bonds is 2. The zero-order chi connectivity index (χ0) is 11.5. The maximum Gasteiger partial charge on any atom is 0.0991 e. The Bertz CT molecular complexity index is 548. The predicted molar refractivity (Wildman–Crippen MR) is 62.4 cm³/mol. The molecular formula is C12H12N4. The minimum Gasteiger partial charge on any atom is -0.353 e. The van der Waals surface area contributed by atoms with E-state index in [1.165, 1.54) is 0 Å². The fourth-order valence-electron chi connectivity index (χ4n) is 1.51. The molecule has 0 saturated carbocycles. The van der Waals surface area contributed by atoms with Crippen molar-refractivity contribution in [3.05, 3.63) is 41.7 Å². The third-order valence-electron chi connectivity index (χ3n) is 2.34. The molecule has 0 radical (unpaired) electrons. The van der Waals surface area contributed by atoms with Crippen molar-refractivity contribution >= 4 is 11.4 Å². The first-order valence-corrected chi connectivity index (χ1v) is 4.95. The number of aromatic nitrogens is 2. The van der Waals surface area contributed by atoms with Crippen LogP contribution in [-0.2, 0) is 7.05 Å². The van der Waals surface area contributed by atoms with Crippen LogP contribution in [0.1, 0.15) is 11.1 Å². The van der Waals surface area contributed by atoms with Crippen molar-refractivity contribution < 1.29 is 0 Å². The second kappa shape index (κ2) is 4.07. The average Bonchev–Trinajstić information content (AvgIpc) is 2.67. The van der Waals surface area contributed by atoms with Crippen molar-refractivity contribution in [1.82, 2.24) is 9.78 Å². The van der Waals surface area contributed by atoms with Gasteiger partial charge in [0.15, 0.2) is 0 Å². The lowest BCUT2D eigenvalue weighted by atomic mass is 10.1. The van der Waals surface area contributed by atoms with Gasteiger partial charge in [-0.2, -0.15) is 10.4 Å². The molecule has 1 N–H and O–H groups in total. The summed E-state index contributed by atoms with van der Waals surface area (Å²) in [5.74, 6) is 0. The lowest BCUT2D eigenvalue weighted by Gasteiger charge is -2.07. The molecule has 0 saturated heterocycles. The second-order valence-electron chi connectivity index (χ2n) is 3.67. The van der Waals surface area contributed by atoms with E-state index in [0.717, 1.165) is 16.9 Å². The number of hydrogen-bond donors (Lipinski definition) is 1. The highest BCUT2D eigenvalue weighted by Crippen LogP contribution is 2.20. The van der Waals surface area contributed by atoms with E-state index in [-0.39, 0.29) is 0 Å². The summed E-state index contributed by atoms with van der Waals surface area (Å²) in [6, 6.07) is 7.68. The first-order valence-electron chi connectivity index (χ1n) is 4.95. The molecule has 0 aliphatic carbocycles. The Morgan fingerprint density at radius 3 is 2.81 bits per heavy atom. The highest BCUT2D eigenvalue weighted by molar-refractivity contribution is 5.63. The Morgan fingerprint density at radius 2 is 2.25 bits per heavy atom. The van der Waals surface area contributed by atoms with E-state index in [0.29, 0.717) is 5.56 Å². The van der Waals surface area contributed by atoms with Gasteiger partial charge >= 0.3 is 0 Å². The van der Waals surface area contributed by atoms with Gasteiger partial charge in [-0.05, 0) is 30.7 Å². The largest absolute Gasteiger partial charge is 0.353 e. The van der Waals surface area contributed by atoms with Gasteiger partial charge in [0.2, 0.25) is 0 Å². The van der Waals surface area contributed by atoms with Crippen LogP contribution < -0.4 is 5.32 Å². The Labute approximate surface area is 94.1 Å². The maximum absolute atomic E-state index is 8.76. The van der Waals surface area contributed by atoms with Crippen molar-refractivity contribution in [2.75, 3.05) is 5.32 Å². The normalized spacial score (nSPS) is 9.81. The molecule has 0 amide bonds. The molecule has 2 aromatic rings. The molecule has 2 rings (SSSR count). The standard InChI is InChI=1S/C12H12N4/c1-9-5-10(6-13)3-4-12(9)15-11-7-14-16(2)8-11/h3-5,7-8,15H,1-2H3. The summed E-state index contributed by atoms with van der Waals surface area (Å²) in [5.41, 5.74) is 3.65. The van der Waals surface area contributed by atoms with Crippen LogP contribution in [0.3, 0.4) is 0 Å². The fraction of sp³-hybridized carbons (Fsp3) is 0.167. The molecule has 4 heteroatoms. The minimum absolute atomic E-state index is 0.675. The lowest BCUT2D eigenvalue weighted by Crippen LogP contribution is -1.92. The Hall–Kier alpha value is -2.28. The van der Waals surface area contributed by atoms with Crippen molar-refractivity contribution in [2.45, 2.75) is 6.92 Å². The van der Waals surface area contributed by atoms with Crippen molar-refractivity contribution in [3.63, 3.8) is 0 Å². The Morgan fingerprint density at radius 1 is 1.44 bits per heavy atom. The summed E-state index contributed by atoms with van der Waals surface area (Å²) in [7, 11) is 1.87. The molecule has 0 spiro atoms. The van der Waals surface area contributed by atoms with E-state index in [1.54, 1.807) is 16.9 Å². The molecule has 0 aliphatic rings. The Kier molecular flexibility index (Phi) is 2.61. The summed E-state index contributed by atoms with van der Waals surface area (Å²) in [5, 5.41) is 16.1. The van der Waals surface area contributed by atoms with Gasteiger partial charge in [-0.3, -0.25) is 4.68 Å². The summed E-state index contributed by atoms with van der Waals surface area (Å²) in [6.07, 6.45) is 3.66. The fourth-order valence-corrected chi connectivity index (χ4v) is 1.51. The molecule has 0 bridgehead atoms. The van der Waals surface area contributed by atoms with Crippen molar-refractivity contribution in [3.8, 4) is 6.07 Å². The van der Waals surface area contributed by atoms with Gasteiger partial charge in [0.05, 0.1) is 23.5 Å². The summed E-state index contributed by atoms with van der Waals surface area (Å²) in [4.78, 5) is 0. The topological polar surface area (TPSA) is 53.6 Å². The zero-order valence-electron chi connectivity index (χ0n) is 9.23.